The van der Waals surface area contributed by atoms with Crippen molar-refractivity contribution in [2.45, 2.75) is 0 Å². The van der Waals surface area contributed by atoms with Gasteiger partial charge in [-0.1, -0.05) is 72.8 Å². The van der Waals surface area contributed by atoms with Crippen molar-refractivity contribution >= 4 is 80.8 Å². The highest BCUT2D eigenvalue weighted by molar-refractivity contribution is 7.25. The highest BCUT2D eigenvalue weighted by atomic mass is 32.1. The largest absolute Gasteiger partial charge is 0.309 e. The molecule has 0 bridgehead atoms. The second kappa shape index (κ2) is 10.7. The summed E-state index contributed by atoms with van der Waals surface area (Å²) >= 11 is 1.84. The third-order valence-electron chi connectivity index (χ3n) is 10.2. The van der Waals surface area contributed by atoms with Crippen LogP contribution in [0.4, 0.5) is 0 Å². The number of rotatable bonds is 3. The molecule has 6 heteroatoms. The van der Waals surface area contributed by atoms with Crippen LogP contribution in [-0.4, -0.2) is 18.9 Å². The van der Waals surface area contributed by atoms with Gasteiger partial charge in [0.1, 0.15) is 6.33 Å². The van der Waals surface area contributed by atoms with Crippen LogP contribution in [0.2, 0.25) is 0 Å². The van der Waals surface area contributed by atoms with Crippen LogP contribution >= 0.6 is 11.3 Å². The van der Waals surface area contributed by atoms with Crippen molar-refractivity contribution in [3.63, 3.8) is 0 Å². The number of fused-ring (bicyclic) bond motifs is 11. The van der Waals surface area contributed by atoms with Crippen molar-refractivity contribution in [1.82, 2.24) is 18.9 Å². The number of aromatic nitrogens is 4. The molecule has 7 aromatic carbocycles. The van der Waals surface area contributed by atoms with Crippen molar-refractivity contribution in [2.75, 3.05) is 0 Å². The molecule has 0 atom stereocenters. The highest BCUT2D eigenvalue weighted by Gasteiger charge is 2.16. The lowest BCUT2D eigenvalue weighted by Crippen LogP contribution is -2.11. The van der Waals surface area contributed by atoms with Gasteiger partial charge in [0, 0.05) is 42.0 Å². The summed E-state index contributed by atoms with van der Waals surface area (Å²) in [4.78, 5) is 22.7. The summed E-state index contributed by atoms with van der Waals surface area (Å²) in [5, 5.41) is 6.34. The maximum absolute atomic E-state index is 13.5. The van der Waals surface area contributed by atoms with E-state index in [1.54, 1.807) is 6.33 Å². The lowest BCUT2D eigenvalue weighted by molar-refractivity contribution is 1.09. The zero-order valence-electron chi connectivity index (χ0n) is 27.1. The molecule has 238 valence electrons. The molecule has 11 rings (SSSR count). The van der Waals surface area contributed by atoms with E-state index >= 15 is 0 Å². The first kappa shape index (κ1) is 28.2. The maximum atomic E-state index is 13.5. The molecule has 51 heavy (non-hydrogen) atoms. The van der Waals surface area contributed by atoms with E-state index in [2.05, 4.69) is 130 Å². The van der Waals surface area contributed by atoms with Gasteiger partial charge in [0.15, 0.2) is 5.65 Å². The van der Waals surface area contributed by atoms with Crippen molar-refractivity contribution in [3.8, 4) is 27.9 Å². The Morgan fingerprint density at radius 1 is 0.471 bits per heavy atom. The second-order valence-electron chi connectivity index (χ2n) is 13.0. The molecular weight excluding hydrogens is 645 g/mol. The van der Waals surface area contributed by atoms with Gasteiger partial charge in [-0.3, -0.25) is 9.20 Å². The van der Waals surface area contributed by atoms with Crippen molar-refractivity contribution in [2.24, 2.45) is 0 Å². The fourth-order valence-electron chi connectivity index (χ4n) is 7.77. The van der Waals surface area contributed by atoms with Gasteiger partial charge in [0.2, 0.25) is 0 Å². The molecule has 11 aromatic rings. The second-order valence-corrected chi connectivity index (χ2v) is 14.1. The van der Waals surface area contributed by atoms with E-state index in [0.29, 0.717) is 11.0 Å². The lowest BCUT2D eigenvalue weighted by atomic mass is 9.99. The number of benzene rings is 7. The zero-order chi connectivity index (χ0) is 33.6. The summed E-state index contributed by atoms with van der Waals surface area (Å²) in [6.07, 6.45) is 1.76. The summed E-state index contributed by atoms with van der Waals surface area (Å²) in [6, 6.07) is 53.3. The van der Waals surface area contributed by atoms with Gasteiger partial charge < -0.3 is 4.57 Å². The smallest absolute Gasteiger partial charge is 0.281 e. The number of para-hydroxylation sites is 2. The Kier molecular flexibility index (Phi) is 5.91. The molecule has 0 N–H and O–H groups in total. The maximum Gasteiger partial charge on any atom is 0.281 e. The third kappa shape index (κ3) is 4.24. The first-order chi connectivity index (χ1) is 25.2. The molecule has 0 spiro atoms. The van der Waals surface area contributed by atoms with Crippen molar-refractivity contribution < 1.29 is 0 Å². The highest BCUT2D eigenvalue weighted by Crippen LogP contribution is 2.40. The van der Waals surface area contributed by atoms with Gasteiger partial charge in [-0.2, -0.15) is 4.98 Å². The molecule has 0 radical (unpaired) electrons. The van der Waals surface area contributed by atoms with E-state index in [4.69, 9.17) is 0 Å². The zero-order valence-corrected chi connectivity index (χ0v) is 27.9. The van der Waals surface area contributed by atoms with Crippen LogP contribution in [0.3, 0.4) is 0 Å². The van der Waals surface area contributed by atoms with Gasteiger partial charge in [-0.05, 0) is 101 Å². The number of nitrogens with zero attached hydrogens (tertiary/aromatic N) is 4. The Hall–Kier alpha value is -6.63. The quantitative estimate of drug-likeness (QED) is 0.176. The lowest BCUT2D eigenvalue weighted by Gasteiger charge is -2.10. The summed E-state index contributed by atoms with van der Waals surface area (Å²) in [5.74, 6) is 0. The van der Waals surface area contributed by atoms with Gasteiger partial charge >= 0.3 is 0 Å². The van der Waals surface area contributed by atoms with Gasteiger partial charge in [-0.25, -0.2) is 4.98 Å². The first-order valence-corrected chi connectivity index (χ1v) is 17.8. The molecule has 0 saturated heterocycles. The van der Waals surface area contributed by atoms with E-state index in [1.807, 2.05) is 52.1 Å². The molecule has 0 saturated carbocycles. The Morgan fingerprint density at radius 3 is 1.78 bits per heavy atom. The van der Waals surface area contributed by atoms with Crippen LogP contribution in [0.25, 0.3) is 97.4 Å². The molecule has 0 amide bonds. The number of hydrogen-bond acceptors (Lipinski definition) is 4. The molecular formula is C45H26N4OS. The van der Waals surface area contributed by atoms with Crippen LogP contribution in [0, 0.1) is 0 Å². The van der Waals surface area contributed by atoms with Gasteiger partial charge in [0.25, 0.3) is 5.56 Å². The van der Waals surface area contributed by atoms with Crippen LogP contribution < -0.4 is 5.56 Å². The van der Waals surface area contributed by atoms with E-state index in [1.165, 1.54) is 36.7 Å². The average molecular weight is 671 g/mol. The van der Waals surface area contributed by atoms with Crippen molar-refractivity contribution in [1.29, 1.82) is 0 Å². The Labute approximate surface area is 294 Å². The minimum Gasteiger partial charge on any atom is -0.309 e. The SMILES string of the molecule is O=c1nc2c3ccccc3ncn2c2ccc(-c3ccc4c(c3)c3cc(-c5ccc6sc7ccccc7c6c5)ccc3n4-c3ccccc3)cc12. The monoisotopic (exact) mass is 670 g/mol. The Morgan fingerprint density at radius 2 is 1.04 bits per heavy atom. The summed E-state index contributed by atoms with van der Waals surface area (Å²) < 4.78 is 6.86. The predicted octanol–water partition coefficient (Wildman–Crippen LogP) is 11.2. The van der Waals surface area contributed by atoms with Crippen LogP contribution in [-0.2, 0) is 0 Å². The van der Waals surface area contributed by atoms with Crippen LogP contribution in [0.1, 0.15) is 0 Å². The normalized spacial score (nSPS) is 12.0. The average Bonchev–Trinajstić information content (AvgIpc) is 3.73. The van der Waals surface area contributed by atoms with E-state index in [-0.39, 0.29) is 5.56 Å². The van der Waals surface area contributed by atoms with E-state index < -0.39 is 0 Å². The minimum atomic E-state index is -0.245. The molecule has 4 aromatic heterocycles. The van der Waals surface area contributed by atoms with Crippen LogP contribution in [0.15, 0.2) is 163 Å². The molecule has 4 heterocycles. The molecule has 5 nitrogen and oxygen atoms in total. The summed E-state index contributed by atoms with van der Waals surface area (Å²) in [7, 11) is 0. The molecule has 0 aliphatic carbocycles. The molecule has 0 aliphatic rings. The minimum absolute atomic E-state index is 0.245. The van der Waals surface area contributed by atoms with E-state index in [0.717, 1.165) is 49.7 Å². The van der Waals surface area contributed by atoms with Crippen molar-refractivity contribution in [3.05, 3.63) is 168 Å². The topological polar surface area (TPSA) is 52.2 Å². The van der Waals surface area contributed by atoms with Gasteiger partial charge in [-0.15, -0.1) is 11.3 Å². The molecule has 0 aliphatic heterocycles. The Balaban J connectivity index is 1.11. The summed E-state index contributed by atoms with van der Waals surface area (Å²) in [5.41, 5.74) is 9.72. The first-order valence-electron chi connectivity index (χ1n) is 16.9. The number of hydrogen-bond donors (Lipinski definition) is 0. The fourth-order valence-corrected chi connectivity index (χ4v) is 8.85. The molecule has 0 fully saturated rings. The number of thiophene rings is 1. The Bertz CT molecular complexity index is 3280. The summed E-state index contributed by atoms with van der Waals surface area (Å²) in [6.45, 7) is 0. The van der Waals surface area contributed by atoms with Crippen LogP contribution in [0.5, 0.6) is 0 Å². The van der Waals surface area contributed by atoms with Gasteiger partial charge in [0.05, 0.1) is 27.5 Å². The predicted molar refractivity (Wildman–Crippen MR) is 212 cm³/mol. The fraction of sp³-hybridized carbons (Fsp3) is 0. The van der Waals surface area contributed by atoms with E-state index in [9.17, 15) is 4.79 Å². The molecule has 0 unspecified atom stereocenters. The third-order valence-corrected chi connectivity index (χ3v) is 11.4. The standard InChI is InChI=1S/C45H26N4OS/c50-45-37-25-29(14-18-39(37)48-26-46-38-12-6-4-11-33(38)44(48)47-45)27-15-19-40-34(22-27)35-23-28(16-20-41(35)49(40)31-8-2-1-3-9-31)30-17-21-43-36(24-30)32-10-5-7-13-42(32)51-43/h1-26H.